The van der Waals surface area contributed by atoms with Gasteiger partial charge in [0.25, 0.3) is 0 Å². The average molecular weight is 264 g/mol. The van der Waals surface area contributed by atoms with Crippen molar-refractivity contribution in [3.8, 4) is 0 Å². The maximum absolute atomic E-state index is 11.6. The molecule has 0 aromatic rings. The third-order valence-corrected chi connectivity index (χ3v) is 5.08. The third kappa shape index (κ3) is 1.77. The van der Waals surface area contributed by atoms with Crippen LogP contribution in [0.25, 0.3) is 0 Å². The van der Waals surface area contributed by atoms with Crippen molar-refractivity contribution in [1.29, 1.82) is 0 Å². The van der Waals surface area contributed by atoms with Crippen molar-refractivity contribution < 1.29 is 19.7 Å². The largest absolute Gasteiger partial charge is 0.454 e. The molecule has 1 heterocycles. The normalized spacial score (nSPS) is 49.3. The van der Waals surface area contributed by atoms with Gasteiger partial charge < -0.3 is 14.9 Å². The van der Waals surface area contributed by atoms with Gasteiger partial charge in [-0.05, 0) is 32.3 Å². The summed E-state index contributed by atoms with van der Waals surface area (Å²) in [6.45, 7) is 7.54. The van der Waals surface area contributed by atoms with Gasteiger partial charge >= 0.3 is 5.97 Å². The van der Waals surface area contributed by atoms with E-state index in [1.54, 1.807) is 6.92 Å². The molecule has 1 saturated carbocycles. The van der Waals surface area contributed by atoms with Crippen molar-refractivity contribution in [2.45, 2.75) is 44.5 Å². The second-order valence-corrected chi connectivity index (χ2v) is 6.41. The summed E-state index contributed by atoms with van der Waals surface area (Å²) in [5, 5.41) is 20.7. The molecule has 2 N–H and O–H groups in total. The molecule has 2 aliphatic carbocycles. The minimum Gasteiger partial charge on any atom is -0.454 e. The molecular weight excluding hydrogens is 244 g/mol. The molecule has 0 unspecified atom stereocenters. The van der Waals surface area contributed by atoms with Crippen LogP contribution in [0.4, 0.5) is 0 Å². The van der Waals surface area contributed by atoms with Crippen LogP contribution in [0.2, 0.25) is 0 Å². The summed E-state index contributed by atoms with van der Waals surface area (Å²) in [5.74, 6) is -0.517. The minimum atomic E-state index is -0.903. The van der Waals surface area contributed by atoms with E-state index in [2.05, 4.69) is 6.58 Å². The molecule has 0 radical (unpaired) electrons. The molecule has 0 aromatic carbocycles. The van der Waals surface area contributed by atoms with Crippen LogP contribution in [0.3, 0.4) is 0 Å². The highest BCUT2D eigenvalue weighted by molar-refractivity contribution is 5.91. The highest BCUT2D eigenvalue weighted by atomic mass is 16.5. The van der Waals surface area contributed by atoms with Gasteiger partial charge in [-0.15, -0.1) is 0 Å². The Morgan fingerprint density at radius 3 is 2.89 bits per heavy atom. The Morgan fingerprint density at radius 2 is 2.21 bits per heavy atom. The summed E-state index contributed by atoms with van der Waals surface area (Å²) in [4.78, 5) is 11.6. The molecule has 104 valence electrons. The minimum absolute atomic E-state index is 0.0490. The molecular formula is C15H20O4. The molecule has 2 fully saturated rings. The molecule has 0 spiro atoms. The first-order valence-electron chi connectivity index (χ1n) is 6.80. The average Bonchev–Trinajstić information content (AvgIpc) is 2.61. The lowest BCUT2D eigenvalue weighted by Gasteiger charge is -2.30. The summed E-state index contributed by atoms with van der Waals surface area (Å²) < 4.78 is 5.32. The summed E-state index contributed by atoms with van der Waals surface area (Å²) >= 11 is 0. The zero-order chi connectivity index (χ0) is 13.9. The quantitative estimate of drug-likeness (QED) is 0.392. The van der Waals surface area contributed by atoms with Crippen molar-refractivity contribution in [3.05, 3.63) is 23.8 Å². The molecule has 0 aromatic heterocycles. The topological polar surface area (TPSA) is 66.8 Å². The number of aliphatic hydroxyl groups is 2. The smallest absolute Gasteiger partial charge is 0.334 e. The van der Waals surface area contributed by atoms with Crippen molar-refractivity contribution in [1.82, 2.24) is 0 Å². The number of ether oxygens (including phenoxy) is 1. The molecule has 4 nitrogen and oxygen atoms in total. The Kier molecular flexibility index (Phi) is 2.67. The highest BCUT2D eigenvalue weighted by Gasteiger charge is 2.54. The Morgan fingerprint density at radius 1 is 1.53 bits per heavy atom. The first kappa shape index (κ1) is 12.9. The number of rotatable bonds is 0. The predicted octanol–water partition coefficient (Wildman–Crippen LogP) is 1.18. The molecule has 0 amide bonds. The highest BCUT2D eigenvalue weighted by Crippen LogP contribution is 2.51. The van der Waals surface area contributed by atoms with E-state index in [-0.39, 0.29) is 29.8 Å². The van der Waals surface area contributed by atoms with E-state index in [0.717, 1.165) is 5.57 Å². The number of esters is 1. The van der Waals surface area contributed by atoms with E-state index in [4.69, 9.17) is 4.74 Å². The summed E-state index contributed by atoms with van der Waals surface area (Å²) in [7, 11) is 0. The van der Waals surface area contributed by atoms with E-state index in [1.807, 2.05) is 13.0 Å². The Bertz CT molecular complexity index is 477. The van der Waals surface area contributed by atoms with E-state index < -0.39 is 11.7 Å². The molecule has 3 rings (SSSR count). The molecule has 19 heavy (non-hydrogen) atoms. The van der Waals surface area contributed by atoms with Crippen LogP contribution in [-0.2, 0) is 9.53 Å². The van der Waals surface area contributed by atoms with Crippen LogP contribution in [0.1, 0.15) is 26.7 Å². The van der Waals surface area contributed by atoms with Gasteiger partial charge in [-0.3, -0.25) is 0 Å². The lowest BCUT2D eigenvalue weighted by atomic mass is 9.78. The van der Waals surface area contributed by atoms with E-state index in [9.17, 15) is 15.0 Å². The van der Waals surface area contributed by atoms with Gasteiger partial charge in [0.1, 0.15) is 6.10 Å². The van der Waals surface area contributed by atoms with Gasteiger partial charge in [0.2, 0.25) is 0 Å². The van der Waals surface area contributed by atoms with Crippen LogP contribution in [-0.4, -0.2) is 34.0 Å². The fourth-order valence-corrected chi connectivity index (χ4v) is 4.08. The fraction of sp³-hybridized carbons (Fsp3) is 0.667. The zero-order valence-corrected chi connectivity index (χ0v) is 11.3. The van der Waals surface area contributed by atoms with Gasteiger partial charge in [0, 0.05) is 23.8 Å². The standard InChI is InChI=1S/C15H20O4/c1-7-4-12-9(8(2)14(17)19-12)5-10-13(7)11(16)6-15(10,3)18/h4,9-13,16,18H,2,5-6H2,1,3H3/t9-,10-,11+,12-,13-,15-/m1/s1. The van der Waals surface area contributed by atoms with Crippen LogP contribution >= 0.6 is 0 Å². The number of fused-ring (bicyclic) bond motifs is 2. The second kappa shape index (κ2) is 3.93. The van der Waals surface area contributed by atoms with Gasteiger partial charge in [-0.25, -0.2) is 4.79 Å². The number of hydrogen-bond donors (Lipinski definition) is 2. The monoisotopic (exact) mass is 264 g/mol. The second-order valence-electron chi connectivity index (χ2n) is 6.41. The van der Waals surface area contributed by atoms with Gasteiger partial charge in [-0.1, -0.05) is 12.2 Å². The molecule has 4 heteroatoms. The van der Waals surface area contributed by atoms with E-state index >= 15 is 0 Å². The van der Waals surface area contributed by atoms with Crippen molar-refractivity contribution >= 4 is 5.97 Å². The summed E-state index contributed by atoms with van der Waals surface area (Å²) in [6.07, 6.45) is 2.13. The molecule has 0 bridgehead atoms. The van der Waals surface area contributed by atoms with E-state index in [1.165, 1.54) is 0 Å². The maximum atomic E-state index is 11.6. The van der Waals surface area contributed by atoms with Crippen molar-refractivity contribution in [2.24, 2.45) is 17.8 Å². The van der Waals surface area contributed by atoms with Gasteiger partial charge in [-0.2, -0.15) is 0 Å². The summed E-state index contributed by atoms with van der Waals surface area (Å²) in [5.41, 5.74) is 0.595. The van der Waals surface area contributed by atoms with Crippen LogP contribution in [0.5, 0.6) is 0 Å². The zero-order valence-electron chi connectivity index (χ0n) is 11.3. The summed E-state index contributed by atoms with van der Waals surface area (Å²) in [6, 6.07) is 0. The van der Waals surface area contributed by atoms with Crippen molar-refractivity contribution in [2.75, 3.05) is 0 Å². The Labute approximate surface area is 112 Å². The molecule has 1 aliphatic heterocycles. The van der Waals surface area contributed by atoms with Crippen LogP contribution in [0.15, 0.2) is 23.8 Å². The first-order valence-corrected chi connectivity index (χ1v) is 6.80. The number of hydrogen-bond acceptors (Lipinski definition) is 4. The number of aliphatic hydroxyl groups excluding tert-OH is 1. The van der Waals surface area contributed by atoms with E-state index in [0.29, 0.717) is 18.4 Å². The van der Waals surface area contributed by atoms with Gasteiger partial charge in [0.15, 0.2) is 0 Å². The Hall–Kier alpha value is -1.13. The molecule has 6 atom stereocenters. The SMILES string of the molecule is C=C1C(=O)O[C@@H]2C=C(C)[C@@H]3[C@@H](C[C@H]12)[C@](C)(O)C[C@@H]3O. The predicted molar refractivity (Wildman–Crippen MR) is 69.1 cm³/mol. The lowest BCUT2D eigenvalue weighted by Crippen LogP contribution is -2.33. The first-order chi connectivity index (χ1) is 8.81. The van der Waals surface area contributed by atoms with Crippen LogP contribution < -0.4 is 0 Å². The van der Waals surface area contributed by atoms with Gasteiger partial charge in [0.05, 0.1) is 11.7 Å². The van der Waals surface area contributed by atoms with Crippen molar-refractivity contribution in [3.63, 3.8) is 0 Å². The molecule has 3 aliphatic rings. The lowest BCUT2D eigenvalue weighted by molar-refractivity contribution is -0.137. The number of carbonyl (C=O) groups excluding carboxylic acids is 1. The molecule has 1 saturated heterocycles. The Balaban J connectivity index is 2.01. The number of carbonyl (C=O) groups is 1. The third-order valence-electron chi connectivity index (χ3n) is 5.08. The van der Waals surface area contributed by atoms with Crippen LogP contribution in [0, 0.1) is 17.8 Å². The maximum Gasteiger partial charge on any atom is 0.334 e. The fourth-order valence-electron chi connectivity index (χ4n) is 4.08.